The molecule has 0 aliphatic carbocycles. The van der Waals surface area contributed by atoms with E-state index in [1.165, 1.54) is 4.90 Å². The Morgan fingerprint density at radius 3 is 2.26 bits per heavy atom. The van der Waals surface area contributed by atoms with Gasteiger partial charge in [0, 0.05) is 6.54 Å². The average Bonchev–Trinajstić information content (AvgIpc) is 2.34. The van der Waals surface area contributed by atoms with E-state index in [1.807, 2.05) is 5.94 Å². The van der Waals surface area contributed by atoms with Gasteiger partial charge in [0.05, 0.1) is 19.2 Å². The molecule has 0 radical (unpaired) electrons. The summed E-state index contributed by atoms with van der Waals surface area (Å²) in [6, 6.07) is 0. The average molecular weight is 289 g/mol. The van der Waals surface area contributed by atoms with Gasteiger partial charge in [-0.15, -0.1) is 0 Å². The molecule has 108 valence electrons. The molecule has 1 fully saturated rings. The first-order chi connectivity index (χ1) is 8.86. The molecular formula is C13H21ClN2O3. The van der Waals surface area contributed by atoms with E-state index in [-0.39, 0.29) is 12.6 Å². The van der Waals surface area contributed by atoms with Gasteiger partial charge in [0.1, 0.15) is 11.6 Å². The molecule has 0 spiro atoms. The Balaban J connectivity index is 2.74. The lowest BCUT2D eigenvalue weighted by molar-refractivity contribution is -0.207. The second kappa shape index (κ2) is 6.94. The van der Waals surface area contributed by atoms with Crippen molar-refractivity contribution in [1.82, 2.24) is 9.96 Å². The lowest BCUT2D eigenvalue weighted by atomic mass is 9.97. The first-order valence-electron chi connectivity index (χ1n) is 6.49. The Labute approximate surface area is 119 Å². The van der Waals surface area contributed by atoms with Gasteiger partial charge in [0.15, 0.2) is 0 Å². The van der Waals surface area contributed by atoms with Gasteiger partial charge in [0.2, 0.25) is 0 Å². The molecule has 1 saturated heterocycles. The van der Waals surface area contributed by atoms with Crippen LogP contribution in [0.1, 0.15) is 27.7 Å². The van der Waals surface area contributed by atoms with Crippen LogP contribution in [0.2, 0.25) is 0 Å². The lowest BCUT2D eigenvalue weighted by Gasteiger charge is -2.38. The normalized spacial score (nSPS) is 16.5. The Kier molecular flexibility index (Phi) is 5.85. The molecule has 0 saturated carbocycles. The van der Waals surface area contributed by atoms with E-state index >= 15 is 0 Å². The number of piperazine rings is 1. The molecule has 0 bridgehead atoms. The summed E-state index contributed by atoms with van der Waals surface area (Å²) in [5.74, 6) is 2.50. The van der Waals surface area contributed by atoms with Crippen LogP contribution in [0.25, 0.3) is 0 Å². The summed E-state index contributed by atoms with van der Waals surface area (Å²) in [5.41, 5.74) is 0.312. The molecule has 1 aliphatic rings. The van der Waals surface area contributed by atoms with Crippen molar-refractivity contribution in [3.8, 4) is 0 Å². The molecule has 6 heteroatoms. The number of nitrogens with zero attached hydrogens (tertiary/aromatic N) is 2. The van der Waals surface area contributed by atoms with E-state index in [0.29, 0.717) is 30.6 Å². The maximum absolute atomic E-state index is 11.1. The second-order valence-electron chi connectivity index (χ2n) is 5.38. The number of hydrogen-bond donors (Lipinski definition) is 0. The SMILES string of the molecule is CC(C)C(ON1CCN(C(=O)Cl)CC1=C=O)C(C)C. The third-order valence-corrected chi connectivity index (χ3v) is 3.38. The van der Waals surface area contributed by atoms with Crippen molar-refractivity contribution >= 4 is 22.9 Å². The number of carbonyl (C=O) groups is 1. The minimum absolute atomic E-state index is 0.0154. The minimum atomic E-state index is -0.559. The highest BCUT2D eigenvalue weighted by atomic mass is 35.5. The molecule has 0 aromatic heterocycles. The van der Waals surface area contributed by atoms with Gasteiger partial charge in [0.25, 0.3) is 0 Å². The van der Waals surface area contributed by atoms with Crippen LogP contribution in [0, 0.1) is 11.8 Å². The van der Waals surface area contributed by atoms with Gasteiger partial charge in [-0.3, -0.25) is 9.63 Å². The minimum Gasteiger partial charge on any atom is -0.321 e. The molecule has 0 N–H and O–H groups in total. The predicted molar refractivity (Wildman–Crippen MR) is 73.3 cm³/mol. The van der Waals surface area contributed by atoms with Crippen molar-refractivity contribution in [3.05, 3.63) is 5.70 Å². The summed E-state index contributed by atoms with van der Waals surface area (Å²) in [4.78, 5) is 29.4. The summed E-state index contributed by atoms with van der Waals surface area (Å²) in [5, 5.41) is 0.991. The molecule has 5 nitrogen and oxygen atoms in total. The topological polar surface area (TPSA) is 49.9 Å². The van der Waals surface area contributed by atoms with Crippen molar-refractivity contribution in [1.29, 1.82) is 0 Å². The Bertz CT molecular complexity index is 370. The van der Waals surface area contributed by atoms with E-state index in [9.17, 15) is 9.59 Å². The highest BCUT2D eigenvalue weighted by Crippen LogP contribution is 2.21. The van der Waals surface area contributed by atoms with Gasteiger partial charge in [-0.05, 0) is 23.4 Å². The van der Waals surface area contributed by atoms with Crippen molar-refractivity contribution < 1.29 is 14.4 Å². The fourth-order valence-electron chi connectivity index (χ4n) is 2.19. The van der Waals surface area contributed by atoms with Crippen LogP contribution in [0.15, 0.2) is 5.70 Å². The quantitative estimate of drug-likeness (QED) is 0.452. The lowest BCUT2D eigenvalue weighted by Crippen LogP contribution is -2.48. The van der Waals surface area contributed by atoms with E-state index < -0.39 is 5.37 Å². The van der Waals surface area contributed by atoms with Crippen LogP contribution >= 0.6 is 11.6 Å². The molecule has 1 aliphatic heterocycles. The van der Waals surface area contributed by atoms with Gasteiger partial charge in [-0.25, -0.2) is 9.86 Å². The zero-order valence-corrected chi connectivity index (χ0v) is 12.6. The third kappa shape index (κ3) is 4.23. The standard InChI is InChI=1S/C13H21ClN2O3/c1-9(2)12(10(3)4)19-16-6-5-15(13(14)18)7-11(16)8-17/h9-10,12H,5-7H2,1-4H3. The molecule has 1 heterocycles. The molecule has 0 atom stereocenters. The van der Waals surface area contributed by atoms with Crippen LogP contribution in [-0.2, 0) is 9.63 Å². The number of hydrogen-bond acceptors (Lipinski definition) is 4. The molecule has 0 aromatic carbocycles. The number of amides is 1. The van der Waals surface area contributed by atoms with E-state index in [0.717, 1.165) is 0 Å². The van der Waals surface area contributed by atoms with Gasteiger partial charge >= 0.3 is 5.37 Å². The van der Waals surface area contributed by atoms with E-state index in [1.54, 1.807) is 5.06 Å². The predicted octanol–water partition coefficient (Wildman–Crippen LogP) is 2.29. The number of rotatable bonds is 4. The van der Waals surface area contributed by atoms with Crippen LogP contribution < -0.4 is 0 Å². The van der Waals surface area contributed by atoms with Crippen LogP contribution in [0.3, 0.4) is 0 Å². The number of halogens is 1. The summed E-state index contributed by atoms with van der Waals surface area (Å²) in [7, 11) is 0. The molecule has 1 amide bonds. The van der Waals surface area contributed by atoms with Crippen molar-refractivity contribution in [2.45, 2.75) is 33.8 Å². The summed E-state index contributed by atoms with van der Waals surface area (Å²) in [6.07, 6.45) is 0.0154. The molecular weight excluding hydrogens is 268 g/mol. The fourth-order valence-corrected chi connectivity index (χ4v) is 2.34. The van der Waals surface area contributed by atoms with Gasteiger partial charge < -0.3 is 4.90 Å². The van der Waals surface area contributed by atoms with E-state index in [2.05, 4.69) is 27.7 Å². The van der Waals surface area contributed by atoms with E-state index in [4.69, 9.17) is 16.4 Å². The summed E-state index contributed by atoms with van der Waals surface area (Å²) >= 11 is 5.42. The summed E-state index contributed by atoms with van der Waals surface area (Å²) < 4.78 is 0. The third-order valence-electron chi connectivity index (χ3n) is 3.14. The zero-order valence-electron chi connectivity index (χ0n) is 11.9. The van der Waals surface area contributed by atoms with Gasteiger partial charge in [-0.1, -0.05) is 27.7 Å². The second-order valence-corrected chi connectivity index (χ2v) is 5.71. The highest BCUT2D eigenvalue weighted by Gasteiger charge is 2.29. The maximum atomic E-state index is 11.1. The number of carbonyl (C=O) groups excluding carboxylic acids is 2. The van der Waals surface area contributed by atoms with Crippen LogP contribution in [0.4, 0.5) is 4.79 Å². The zero-order chi connectivity index (χ0) is 14.6. The Hall–Kier alpha value is -1.03. The van der Waals surface area contributed by atoms with Gasteiger partial charge in [-0.2, -0.15) is 0 Å². The Morgan fingerprint density at radius 2 is 1.84 bits per heavy atom. The largest absolute Gasteiger partial charge is 0.321 e. The van der Waals surface area contributed by atoms with Crippen LogP contribution in [0.5, 0.6) is 0 Å². The van der Waals surface area contributed by atoms with Crippen molar-refractivity contribution in [3.63, 3.8) is 0 Å². The smallest absolute Gasteiger partial charge is 0.316 e. The Morgan fingerprint density at radius 1 is 1.26 bits per heavy atom. The monoisotopic (exact) mass is 288 g/mol. The molecule has 0 unspecified atom stereocenters. The number of hydroxylamine groups is 2. The van der Waals surface area contributed by atoms with Crippen molar-refractivity contribution in [2.24, 2.45) is 11.8 Å². The molecule has 1 rings (SSSR count). The maximum Gasteiger partial charge on any atom is 0.316 e. The first-order valence-corrected chi connectivity index (χ1v) is 6.87. The van der Waals surface area contributed by atoms with Crippen molar-refractivity contribution in [2.75, 3.05) is 19.6 Å². The van der Waals surface area contributed by atoms with Crippen LogP contribution in [-0.4, -0.2) is 47.0 Å². The summed E-state index contributed by atoms with van der Waals surface area (Å²) in [6.45, 7) is 9.33. The first kappa shape index (κ1) is 16.0. The molecule has 19 heavy (non-hydrogen) atoms. The molecule has 0 aromatic rings. The fraction of sp³-hybridized carbons (Fsp3) is 0.769. The highest BCUT2D eigenvalue weighted by molar-refractivity contribution is 6.62.